The van der Waals surface area contributed by atoms with Crippen LogP contribution >= 0.6 is 11.6 Å². The summed E-state index contributed by atoms with van der Waals surface area (Å²) in [4.78, 5) is 18.6. The highest BCUT2D eigenvalue weighted by atomic mass is 35.5. The summed E-state index contributed by atoms with van der Waals surface area (Å²) in [7, 11) is 1.64. The van der Waals surface area contributed by atoms with E-state index in [4.69, 9.17) is 21.1 Å². The van der Waals surface area contributed by atoms with Crippen molar-refractivity contribution in [3.63, 3.8) is 0 Å². The molecule has 0 radical (unpaired) electrons. The van der Waals surface area contributed by atoms with Crippen molar-refractivity contribution in [1.82, 2.24) is 9.88 Å². The molecule has 0 fully saturated rings. The molecule has 1 N–H and O–H groups in total. The Labute approximate surface area is 191 Å². The van der Waals surface area contributed by atoms with E-state index in [-0.39, 0.29) is 12.1 Å². The lowest BCUT2D eigenvalue weighted by Gasteiger charge is -2.35. The van der Waals surface area contributed by atoms with Gasteiger partial charge in [0, 0.05) is 28.2 Å². The van der Waals surface area contributed by atoms with Gasteiger partial charge in [-0.2, -0.15) is 0 Å². The largest absolute Gasteiger partial charge is 0.497 e. The van der Waals surface area contributed by atoms with Crippen molar-refractivity contribution in [3.05, 3.63) is 94.1 Å². The number of halogens is 1. The van der Waals surface area contributed by atoms with Gasteiger partial charge in [0.1, 0.15) is 17.5 Å². The molecule has 1 atom stereocenters. The van der Waals surface area contributed by atoms with E-state index in [0.717, 1.165) is 33.5 Å². The Morgan fingerprint density at radius 2 is 1.75 bits per heavy atom. The van der Waals surface area contributed by atoms with Crippen molar-refractivity contribution < 1.29 is 14.3 Å². The molecule has 3 aromatic carbocycles. The van der Waals surface area contributed by atoms with Crippen molar-refractivity contribution in [2.75, 3.05) is 13.7 Å². The number of carbonyl (C=O) groups excluding carboxylic acids is 1. The van der Waals surface area contributed by atoms with Crippen LogP contribution in [0.4, 0.5) is 4.79 Å². The number of H-pyrrole nitrogens is 1. The van der Waals surface area contributed by atoms with Gasteiger partial charge in [-0.15, -0.1) is 0 Å². The molecule has 1 aliphatic rings. The summed E-state index contributed by atoms with van der Waals surface area (Å²) in [5.74, 6) is 1.30. The minimum absolute atomic E-state index is 0.311. The molecule has 1 unspecified atom stereocenters. The number of aromatic nitrogens is 1. The number of aryl methyl sites for hydroxylation is 1. The van der Waals surface area contributed by atoms with Crippen molar-refractivity contribution in [2.24, 2.45) is 0 Å². The molecule has 0 aliphatic carbocycles. The van der Waals surface area contributed by atoms with Crippen LogP contribution in [0.1, 0.15) is 28.4 Å². The van der Waals surface area contributed by atoms with Crippen LogP contribution < -0.4 is 9.47 Å². The summed E-state index contributed by atoms with van der Waals surface area (Å²) in [5.41, 5.74) is 5.26. The monoisotopic (exact) mass is 446 g/mol. The third-order valence-electron chi connectivity index (χ3n) is 5.98. The average molecular weight is 447 g/mol. The quantitative estimate of drug-likeness (QED) is 0.402. The Morgan fingerprint density at radius 3 is 2.47 bits per heavy atom. The van der Waals surface area contributed by atoms with Crippen molar-refractivity contribution in [2.45, 2.75) is 19.4 Å². The van der Waals surface area contributed by atoms with Crippen LogP contribution in [0.2, 0.25) is 5.02 Å². The summed E-state index contributed by atoms with van der Waals surface area (Å²) < 4.78 is 11.1. The molecule has 4 aromatic rings. The molecule has 1 amide bonds. The summed E-state index contributed by atoms with van der Waals surface area (Å²) >= 11 is 6.27. The number of hydrogen-bond donors (Lipinski definition) is 1. The van der Waals surface area contributed by atoms with Gasteiger partial charge in [0.25, 0.3) is 0 Å². The highest BCUT2D eigenvalue weighted by molar-refractivity contribution is 6.31. The van der Waals surface area contributed by atoms with E-state index in [1.54, 1.807) is 12.0 Å². The number of benzene rings is 3. The summed E-state index contributed by atoms with van der Waals surface area (Å²) in [6.45, 7) is 2.54. The van der Waals surface area contributed by atoms with Gasteiger partial charge in [0.05, 0.1) is 7.11 Å². The first kappa shape index (κ1) is 20.5. The maximum absolute atomic E-state index is 13.3. The first-order valence-corrected chi connectivity index (χ1v) is 10.9. The number of ether oxygens (including phenoxy) is 2. The summed E-state index contributed by atoms with van der Waals surface area (Å²) in [6, 6.07) is 20.8. The normalized spacial score (nSPS) is 15.5. The van der Waals surface area contributed by atoms with E-state index in [1.165, 1.54) is 5.56 Å². The molecule has 32 heavy (non-hydrogen) atoms. The molecule has 0 bridgehead atoms. The fourth-order valence-electron chi connectivity index (χ4n) is 4.36. The maximum Gasteiger partial charge on any atom is 0.416 e. The molecule has 1 aliphatic heterocycles. The molecule has 162 valence electrons. The number of hydrogen-bond acceptors (Lipinski definition) is 3. The number of amides is 1. The van der Waals surface area contributed by atoms with Crippen LogP contribution in [0.3, 0.4) is 0 Å². The fraction of sp³-hybridized carbons (Fsp3) is 0.192. The van der Waals surface area contributed by atoms with E-state index >= 15 is 0 Å². The standard InChI is InChI=1S/C26H23ClN2O3/c1-16-3-8-20(9-4-16)32-26(30)29-14-13-21-22-15-18(27)7-12-23(22)28-24(21)25(29)17-5-10-19(31-2)11-6-17/h3-12,15,25,28H,13-14H2,1-2H3. The first-order chi connectivity index (χ1) is 15.5. The number of aromatic amines is 1. The van der Waals surface area contributed by atoms with Gasteiger partial charge in [-0.05, 0) is 66.9 Å². The van der Waals surface area contributed by atoms with Crippen LogP contribution in [-0.4, -0.2) is 29.6 Å². The number of nitrogens with one attached hydrogen (secondary N) is 1. The van der Waals surface area contributed by atoms with Crippen LogP contribution in [0, 0.1) is 6.92 Å². The number of methoxy groups -OCH3 is 1. The molecule has 2 heterocycles. The zero-order valence-electron chi connectivity index (χ0n) is 17.9. The van der Waals surface area contributed by atoms with Gasteiger partial charge < -0.3 is 14.5 Å². The minimum atomic E-state index is -0.378. The van der Waals surface area contributed by atoms with Gasteiger partial charge in [0.15, 0.2) is 0 Å². The second-order valence-corrected chi connectivity index (χ2v) is 8.44. The average Bonchev–Trinajstić information content (AvgIpc) is 3.18. The van der Waals surface area contributed by atoms with E-state index in [9.17, 15) is 4.79 Å². The van der Waals surface area contributed by atoms with Crippen LogP contribution in [0.5, 0.6) is 11.5 Å². The number of rotatable bonds is 3. The van der Waals surface area contributed by atoms with Crippen LogP contribution in [-0.2, 0) is 6.42 Å². The number of carbonyl (C=O) groups is 1. The van der Waals surface area contributed by atoms with Gasteiger partial charge >= 0.3 is 6.09 Å². The predicted molar refractivity (Wildman–Crippen MR) is 126 cm³/mol. The van der Waals surface area contributed by atoms with E-state index in [0.29, 0.717) is 23.7 Å². The molecular formula is C26H23ClN2O3. The Hall–Kier alpha value is -3.44. The summed E-state index contributed by atoms with van der Waals surface area (Å²) in [5, 5.41) is 1.79. The topological polar surface area (TPSA) is 54.6 Å². The molecule has 5 rings (SSSR count). The Morgan fingerprint density at radius 1 is 1.03 bits per heavy atom. The third kappa shape index (κ3) is 3.69. The molecule has 0 saturated heterocycles. The van der Waals surface area contributed by atoms with Gasteiger partial charge in [-0.25, -0.2) is 4.79 Å². The van der Waals surface area contributed by atoms with Crippen molar-refractivity contribution >= 4 is 28.6 Å². The van der Waals surface area contributed by atoms with Crippen molar-refractivity contribution in [1.29, 1.82) is 0 Å². The van der Waals surface area contributed by atoms with E-state index in [1.807, 2.05) is 73.7 Å². The number of fused-ring (bicyclic) bond motifs is 3. The Kier molecular flexibility index (Phi) is 5.27. The zero-order valence-corrected chi connectivity index (χ0v) is 18.6. The van der Waals surface area contributed by atoms with Crippen LogP contribution in [0.15, 0.2) is 66.7 Å². The molecule has 0 spiro atoms. The lowest BCUT2D eigenvalue weighted by atomic mass is 9.92. The zero-order chi connectivity index (χ0) is 22.2. The van der Waals surface area contributed by atoms with Gasteiger partial charge in [-0.3, -0.25) is 4.90 Å². The molecule has 1 aromatic heterocycles. The van der Waals surface area contributed by atoms with E-state index in [2.05, 4.69) is 4.98 Å². The number of nitrogens with zero attached hydrogens (tertiary/aromatic N) is 1. The highest BCUT2D eigenvalue weighted by Crippen LogP contribution is 2.39. The lowest BCUT2D eigenvalue weighted by molar-refractivity contribution is 0.135. The van der Waals surface area contributed by atoms with Crippen LogP contribution in [0.25, 0.3) is 10.9 Å². The minimum Gasteiger partial charge on any atom is -0.497 e. The second kappa shape index (κ2) is 8.24. The van der Waals surface area contributed by atoms with Crippen molar-refractivity contribution in [3.8, 4) is 11.5 Å². The van der Waals surface area contributed by atoms with Gasteiger partial charge in [0.2, 0.25) is 0 Å². The molecule has 5 nitrogen and oxygen atoms in total. The Balaban J connectivity index is 1.57. The molecule has 6 heteroatoms. The molecular weight excluding hydrogens is 424 g/mol. The molecule has 0 saturated carbocycles. The SMILES string of the molecule is COc1ccc(C2c3[nH]c4ccc(Cl)cc4c3CCN2C(=O)Oc2ccc(C)cc2)cc1. The highest BCUT2D eigenvalue weighted by Gasteiger charge is 2.35. The smallest absolute Gasteiger partial charge is 0.416 e. The fourth-order valence-corrected chi connectivity index (χ4v) is 4.53. The summed E-state index contributed by atoms with van der Waals surface area (Å²) in [6.07, 6.45) is 0.336. The Bertz CT molecular complexity index is 1280. The lowest BCUT2D eigenvalue weighted by Crippen LogP contribution is -2.42. The third-order valence-corrected chi connectivity index (χ3v) is 6.22. The first-order valence-electron chi connectivity index (χ1n) is 10.5. The maximum atomic E-state index is 13.3. The predicted octanol–water partition coefficient (Wildman–Crippen LogP) is 6.28. The van der Waals surface area contributed by atoms with E-state index < -0.39 is 0 Å². The second-order valence-electron chi connectivity index (χ2n) is 8.01. The van der Waals surface area contributed by atoms with Gasteiger partial charge in [-0.1, -0.05) is 41.4 Å².